The fourth-order valence-corrected chi connectivity index (χ4v) is 4.70. The van der Waals surface area contributed by atoms with E-state index < -0.39 is 54.6 Å². The number of ether oxygens (including phenoxy) is 1. The van der Waals surface area contributed by atoms with E-state index in [1.54, 1.807) is 12.1 Å². The molecule has 12 heteroatoms. The Morgan fingerprint density at radius 2 is 1.86 bits per heavy atom. The molecule has 0 aromatic heterocycles. The Kier molecular flexibility index (Phi) is 6.41. The van der Waals surface area contributed by atoms with Crippen molar-refractivity contribution in [1.82, 2.24) is 9.80 Å². The second kappa shape index (κ2) is 9.08. The number of carbonyl (C=O) groups excluding carboxylic acids is 3. The zero-order valence-electron chi connectivity index (χ0n) is 19.3. The SMILES string of the molecule is C[C@H](N(Cc1ccc(F)cc1)C(=O)CN1C(=O)OC2(CCc3c2ccc(N)c3CN)C1=O)C(F)(F)F. The van der Waals surface area contributed by atoms with Crippen LogP contribution in [0.4, 0.5) is 28.0 Å². The number of halogens is 4. The van der Waals surface area contributed by atoms with Crippen LogP contribution in [0, 0.1) is 5.82 Å². The number of alkyl halides is 3. The molecule has 0 radical (unpaired) electrons. The molecule has 1 aliphatic carbocycles. The second-order valence-corrected chi connectivity index (χ2v) is 8.82. The maximum absolute atomic E-state index is 13.6. The first kappa shape index (κ1) is 25.4. The number of nitrogens with zero attached hydrogens (tertiary/aromatic N) is 2. The molecule has 2 aromatic carbocycles. The van der Waals surface area contributed by atoms with Crippen molar-refractivity contribution >= 4 is 23.6 Å². The highest BCUT2D eigenvalue weighted by Gasteiger charge is 2.59. The van der Waals surface area contributed by atoms with Gasteiger partial charge < -0.3 is 21.1 Å². The molecule has 36 heavy (non-hydrogen) atoms. The van der Waals surface area contributed by atoms with Gasteiger partial charge in [0.2, 0.25) is 11.5 Å². The van der Waals surface area contributed by atoms with Gasteiger partial charge in [-0.1, -0.05) is 18.2 Å². The largest absolute Gasteiger partial charge is 0.427 e. The quantitative estimate of drug-likeness (QED) is 0.458. The molecular weight excluding hydrogens is 484 g/mol. The van der Waals surface area contributed by atoms with Crippen molar-refractivity contribution in [1.29, 1.82) is 0 Å². The van der Waals surface area contributed by atoms with E-state index in [4.69, 9.17) is 16.2 Å². The van der Waals surface area contributed by atoms with Crippen molar-refractivity contribution in [2.75, 3.05) is 12.3 Å². The number of rotatable bonds is 6. The molecule has 0 bridgehead atoms. The summed E-state index contributed by atoms with van der Waals surface area (Å²) in [5, 5.41) is 0. The number of nitrogen functional groups attached to an aromatic ring is 1. The Hall–Kier alpha value is -3.67. The zero-order chi connectivity index (χ0) is 26.4. The van der Waals surface area contributed by atoms with Crippen LogP contribution >= 0.6 is 0 Å². The van der Waals surface area contributed by atoms with Gasteiger partial charge in [0.15, 0.2) is 0 Å². The van der Waals surface area contributed by atoms with Gasteiger partial charge in [0.05, 0.1) is 0 Å². The molecule has 2 atom stereocenters. The van der Waals surface area contributed by atoms with E-state index in [2.05, 4.69) is 0 Å². The van der Waals surface area contributed by atoms with Crippen LogP contribution in [0.5, 0.6) is 0 Å². The normalized spacial score (nSPS) is 20.0. The number of nitrogens with two attached hydrogens (primary N) is 2. The predicted molar refractivity (Wildman–Crippen MR) is 119 cm³/mol. The molecule has 1 aliphatic heterocycles. The summed E-state index contributed by atoms with van der Waals surface area (Å²) >= 11 is 0. The molecule has 1 saturated heterocycles. The number of hydrogen-bond donors (Lipinski definition) is 2. The lowest BCUT2D eigenvalue weighted by Gasteiger charge is -2.31. The van der Waals surface area contributed by atoms with Crippen LogP contribution in [0.2, 0.25) is 0 Å². The molecule has 4 rings (SSSR count). The maximum atomic E-state index is 13.6. The van der Waals surface area contributed by atoms with Crippen LogP contribution in [0.3, 0.4) is 0 Å². The van der Waals surface area contributed by atoms with E-state index >= 15 is 0 Å². The number of amides is 3. The van der Waals surface area contributed by atoms with Gasteiger partial charge in [-0.2, -0.15) is 13.2 Å². The number of benzene rings is 2. The molecule has 2 aliphatic rings. The van der Waals surface area contributed by atoms with Crippen LogP contribution in [-0.4, -0.2) is 46.5 Å². The van der Waals surface area contributed by atoms with Gasteiger partial charge in [-0.15, -0.1) is 0 Å². The molecule has 1 spiro atoms. The van der Waals surface area contributed by atoms with Gasteiger partial charge in [-0.05, 0) is 48.2 Å². The lowest BCUT2D eigenvalue weighted by molar-refractivity contribution is -0.187. The average molecular weight is 508 g/mol. The molecule has 0 saturated carbocycles. The fourth-order valence-electron chi connectivity index (χ4n) is 4.70. The van der Waals surface area contributed by atoms with Gasteiger partial charge in [0, 0.05) is 30.8 Å². The smallest absolute Gasteiger partial charge is 0.418 e. The summed E-state index contributed by atoms with van der Waals surface area (Å²) in [6, 6.07) is 5.47. The third kappa shape index (κ3) is 4.25. The highest BCUT2D eigenvalue weighted by atomic mass is 19.4. The Bertz CT molecular complexity index is 1220. The second-order valence-electron chi connectivity index (χ2n) is 8.82. The Labute approximate surface area is 203 Å². The van der Waals surface area contributed by atoms with Gasteiger partial charge in [-0.3, -0.25) is 9.59 Å². The summed E-state index contributed by atoms with van der Waals surface area (Å²) in [4.78, 5) is 40.2. The summed E-state index contributed by atoms with van der Waals surface area (Å²) in [6.07, 6.45) is -5.48. The number of imide groups is 1. The number of fused-ring (bicyclic) bond motifs is 2. The number of hydrogen-bond acceptors (Lipinski definition) is 6. The lowest BCUT2D eigenvalue weighted by Crippen LogP contribution is -2.51. The van der Waals surface area contributed by atoms with Crippen molar-refractivity contribution in [3.8, 4) is 0 Å². The monoisotopic (exact) mass is 508 g/mol. The van der Waals surface area contributed by atoms with Crippen molar-refractivity contribution in [2.45, 2.75) is 50.7 Å². The molecule has 1 heterocycles. The molecule has 2 aromatic rings. The van der Waals surface area contributed by atoms with Crippen molar-refractivity contribution < 1.29 is 36.7 Å². The average Bonchev–Trinajstić information content (AvgIpc) is 3.30. The lowest BCUT2D eigenvalue weighted by atomic mass is 9.93. The molecule has 192 valence electrons. The first-order valence-corrected chi connectivity index (χ1v) is 11.2. The van der Waals surface area contributed by atoms with E-state index in [-0.39, 0.29) is 18.5 Å². The van der Waals surface area contributed by atoms with Crippen LogP contribution in [0.15, 0.2) is 36.4 Å². The van der Waals surface area contributed by atoms with Gasteiger partial charge >= 0.3 is 12.3 Å². The van der Waals surface area contributed by atoms with Gasteiger partial charge in [0.25, 0.3) is 5.91 Å². The molecule has 8 nitrogen and oxygen atoms in total. The molecule has 4 N–H and O–H groups in total. The third-order valence-corrected chi connectivity index (χ3v) is 6.73. The van der Waals surface area contributed by atoms with E-state index in [1.807, 2.05) is 0 Å². The molecule has 1 unspecified atom stereocenters. The van der Waals surface area contributed by atoms with Crippen molar-refractivity contribution in [3.05, 3.63) is 64.5 Å². The fraction of sp³-hybridized carbons (Fsp3) is 0.375. The zero-order valence-corrected chi connectivity index (χ0v) is 19.3. The first-order valence-electron chi connectivity index (χ1n) is 11.2. The summed E-state index contributed by atoms with van der Waals surface area (Å²) in [5.74, 6) is -2.55. The Morgan fingerprint density at radius 1 is 1.19 bits per heavy atom. The minimum absolute atomic E-state index is 0.0896. The van der Waals surface area contributed by atoms with E-state index in [9.17, 15) is 31.9 Å². The third-order valence-electron chi connectivity index (χ3n) is 6.73. The molecule has 1 fully saturated rings. The highest BCUT2D eigenvalue weighted by Crippen LogP contribution is 2.47. The predicted octanol–water partition coefficient (Wildman–Crippen LogP) is 2.97. The first-order chi connectivity index (χ1) is 16.9. The van der Waals surface area contributed by atoms with Crippen molar-refractivity contribution in [3.63, 3.8) is 0 Å². The minimum Gasteiger partial charge on any atom is -0.427 e. The molecule has 3 amide bonds. The van der Waals surface area contributed by atoms with Crippen molar-refractivity contribution in [2.24, 2.45) is 5.73 Å². The summed E-state index contributed by atoms with van der Waals surface area (Å²) < 4.78 is 59.4. The summed E-state index contributed by atoms with van der Waals surface area (Å²) in [6.45, 7) is -0.568. The van der Waals surface area contributed by atoms with E-state index in [0.717, 1.165) is 19.1 Å². The van der Waals surface area contributed by atoms with Crippen LogP contribution in [0.25, 0.3) is 0 Å². The standard InChI is InChI=1S/C24H24F4N4O4/c1-13(24(26,27)28)31(11-14-2-4-15(25)5-3-14)20(33)12-32-21(34)23(36-22(32)35)9-8-16-17(10-29)19(30)7-6-18(16)23/h2-7,13H,8-12,29-30H2,1H3/t13-,23?/m0/s1. The van der Waals surface area contributed by atoms with Gasteiger partial charge in [0.1, 0.15) is 18.4 Å². The highest BCUT2D eigenvalue weighted by molar-refractivity contribution is 6.06. The number of anilines is 1. The van der Waals surface area contributed by atoms with E-state index in [1.165, 1.54) is 12.1 Å². The summed E-state index contributed by atoms with van der Waals surface area (Å²) in [7, 11) is 0. The Balaban J connectivity index is 1.61. The van der Waals surface area contributed by atoms with Crippen LogP contribution < -0.4 is 11.5 Å². The minimum atomic E-state index is -4.78. The number of carbonyl (C=O) groups is 3. The van der Waals surface area contributed by atoms with Crippen LogP contribution in [0.1, 0.15) is 35.6 Å². The van der Waals surface area contributed by atoms with Gasteiger partial charge in [-0.25, -0.2) is 14.1 Å². The summed E-state index contributed by atoms with van der Waals surface area (Å²) in [5.41, 5.74) is 12.4. The maximum Gasteiger partial charge on any atom is 0.418 e. The topological polar surface area (TPSA) is 119 Å². The molecular formula is C24H24F4N4O4. The van der Waals surface area contributed by atoms with Crippen LogP contribution in [-0.2, 0) is 39.4 Å². The van der Waals surface area contributed by atoms with E-state index in [0.29, 0.717) is 38.6 Å². The Morgan fingerprint density at radius 3 is 2.47 bits per heavy atom.